The van der Waals surface area contributed by atoms with Crippen LogP contribution in [0.5, 0.6) is 0 Å². The lowest BCUT2D eigenvalue weighted by Gasteiger charge is -2.31. The molecule has 0 heterocycles. The molecule has 0 saturated carbocycles. The zero-order chi connectivity index (χ0) is 14.3. The largest absolute Gasteiger partial charge is 0.376 e. The van der Waals surface area contributed by atoms with Crippen molar-refractivity contribution >= 4 is 0 Å². The zero-order valence-electron chi connectivity index (χ0n) is 13.1. The van der Waals surface area contributed by atoms with Gasteiger partial charge in [0.2, 0.25) is 0 Å². The Morgan fingerprint density at radius 3 is 2.47 bits per heavy atom. The molecule has 108 valence electrons. The minimum atomic E-state index is 0.221. The first-order valence-electron chi connectivity index (χ1n) is 7.51. The Morgan fingerprint density at radius 1 is 1.21 bits per heavy atom. The van der Waals surface area contributed by atoms with Crippen LogP contribution in [0.15, 0.2) is 24.3 Å². The molecule has 2 heteroatoms. The van der Waals surface area contributed by atoms with Crippen LogP contribution in [0.25, 0.3) is 0 Å². The first-order valence-corrected chi connectivity index (χ1v) is 7.51. The van der Waals surface area contributed by atoms with E-state index in [1.165, 1.54) is 11.1 Å². The maximum atomic E-state index is 5.99. The van der Waals surface area contributed by atoms with Crippen molar-refractivity contribution in [1.82, 2.24) is 5.32 Å². The summed E-state index contributed by atoms with van der Waals surface area (Å²) in [7, 11) is 0. The normalized spacial score (nSPS) is 14.6. The highest BCUT2D eigenvalue weighted by molar-refractivity contribution is 5.26. The summed E-state index contributed by atoms with van der Waals surface area (Å²) < 4.78 is 5.99. The number of ether oxygens (including phenoxy) is 1. The minimum Gasteiger partial charge on any atom is -0.376 e. The molecular weight excluding hydrogens is 234 g/mol. The van der Waals surface area contributed by atoms with E-state index in [0.717, 1.165) is 19.6 Å². The van der Waals surface area contributed by atoms with Gasteiger partial charge in [-0.25, -0.2) is 0 Å². The molecule has 1 aromatic carbocycles. The van der Waals surface area contributed by atoms with Gasteiger partial charge >= 0.3 is 0 Å². The summed E-state index contributed by atoms with van der Waals surface area (Å²) in [5, 5.41) is 3.65. The molecule has 2 unspecified atom stereocenters. The number of benzene rings is 1. The number of aryl methyl sites for hydroxylation is 1. The lowest BCUT2D eigenvalue weighted by atomic mass is 9.92. The van der Waals surface area contributed by atoms with Gasteiger partial charge in [-0.2, -0.15) is 0 Å². The van der Waals surface area contributed by atoms with Gasteiger partial charge in [-0.05, 0) is 38.3 Å². The standard InChI is InChI=1S/C17H29NO/c1-6-11-18-16(17(13(3)4)19-7-2)15-10-8-9-14(5)12-15/h8-10,12-13,16-18H,6-7,11H2,1-5H3. The highest BCUT2D eigenvalue weighted by Crippen LogP contribution is 2.25. The summed E-state index contributed by atoms with van der Waals surface area (Å²) in [6, 6.07) is 9.02. The maximum Gasteiger partial charge on any atom is 0.0792 e. The Hall–Kier alpha value is -0.860. The Bertz CT molecular complexity index is 362. The topological polar surface area (TPSA) is 21.3 Å². The van der Waals surface area contributed by atoms with Gasteiger partial charge in [-0.15, -0.1) is 0 Å². The van der Waals surface area contributed by atoms with E-state index in [1.807, 2.05) is 0 Å². The molecule has 0 spiro atoms. The fraction of sp³-hybridized carbons (Fsp3) is 0.647. The third-order valence-corrected chi connectivity index (χ3v) is 3.36. The first kappa shape index (κ1) is 16.2. The van der Waals surface area contributed by atoms with Crippen molar-refractivity contribution in [2.75, 3.05) is 13.2 Å². The summed E-state index contributed by atoms with van der Waals surface area (Å²) in [6.07, 6.45) is 1.36. The molecule has 1 aromatic rings. The van der Waals surface area contributed by atoms with Crippen LogP contribution in [0.3, 0.4) is 0 Å². The number of hydrogen-bond acceptors (Lipinski definition) is 2. The van der Waals surface area contributed by atoms with Crippen LogP contribution in [0.1, 0.15) is 51.3 Å². The van der Waals surface area contributed by atoms with Gasteiger partial charge in [0.15, 0.2) is 0 Å². The molecule has 0 aliphatic heterocycles. The SMILES string of the molecule is CCCNC(c1cccc(C)c1)C(OCC)C(C)C. The predicted octanol–water partition coefficient (Wildman–Crippen LogP) is 4.10. The monoisotopic (exact) mass is 263 g/mol. The van der Waals surface area contributed by atoms with Crippen LogP contribution >= 0.6 is 0 Å². The van der Waals surface area contributed by atoms with Crippen LogP contribution in [0, 0.1) is 12.8 Å². The average molecular weight is 263 g/mol. The molecule has 0 saturated heterocycles. The molecular formula is C17H29NO. The van der Waals surface area contributed by atoms with Gasteiger partial charge in [-0.3, -0.25) is 0 Å². The highest BCUT2D eigenvalue weighted by Gasteiger charge is 2.25. The Balaban J connectivity index is 2.97. The van der Waals surface area contributed by atoms with Crippen LogP contribution in [-0.4, -0.2) is 19.3 Å². The van der Waals surface area contributed by atoms with E-state index in [2.05, 4.69) is 64.2 Å². The lowest BCUT2D eigenvalue weighted by molar-refractivity contribution is 0.00283. The van der Waals surface area contributed by atoms with Crippen molar-refractivity contribution < 1.29 is 4.74 Å². The van der Waals surface area contributed by atoms with E-state index >= 15 is 0 Å². The van der Waals surface area contributed by atoms with Crippen molar-refractivity contribution in [2.24, 2.45) is 5.92 Å². The first-order chi connectivity index (χ1) is 9.10. The molecule has 0 aliphatic carbocycles. The van der Waals surface area contributed by atoms with Crippen molar-refractivity contribution in [3.8, 4) is 0 Å². The molecule has 2 atom stereocenters. The molecule has 0 bridgehead atoms. The maximum absolute atomic E-state index is 5.99. The Labute approximate surface area is 118 Å². The summed E-state index contributed by atoms with van der Waals surface area (Å²) in [4.78, 5) is 0. The lowest BCUT2D eigenvalue weighted by Crippen LogP contribution is -2.37. The highest BCUT2D eigenvalue weighted by atomic mass is 16.5. The fourth-order valence-corrected chi connectivity index (χ4v) is 2.45. The quantitative estimate of drug-likeness (QED) is 0.762. The van der Waals surface area contributed by atoms with E-state index in [1.54, 1.807) is 0 Å². The van der Waals surface area contributed by atoms with Gasteiger partial charge < -0.3 is 10.1 Å². The third kappa shape index (κ3) is 4.96. The van der Waals surface area contributed by atoms with Gasteiger partial charge in [0.25, 0.3) is 0 Å². The van der Waals surface area contributed by atoms with Crippen LogP contribution < -0.4 is 5.32 Å². The van der Waals surface area contributed by atoms with Gasteiger partial charge in [0.1, 0.15) is 0 Å². The zero-order valence-corrected chi connectivity index (χ0v) is 13.1. The second-order valence-corrected chi connectivity index (χ2v) is 5.51. The molecule has 0 aromatic heterocycles. The molecule has 1 N–H and O–H groups in total. The molecule has 0 fully saturated rings. The number of nitrogens with one attached hydrogen (secondary N) is 1. The second kappa shape index (κ2) is 8.34. The number of rotatable bonds is 8. The van der Waals surface area contributed by atoms with Crippen molar-refractivity contribution in [1.29, 1.82) is 0 Å². The molecule has 1 rings (SSSR count). The van der Waals surface area contributed by atoms with Crippen molar-refractivity contribution in [3.63, 3.8) is 0 Å². The third-order valence-electron chi connectivity index (χ3n) is 3.36. The summed E-state index contributed by atoms with van der Waals surface area (Å²) >= 11 is 0. The molecule has 0 radical (unpaired) electrons. The van der Waals surface area contributed by atoms with E-state index in [0.29, 0.717) is 5.92 Å². The average Bonchev–Trinajstić information content (AvgIpc) is 2.37. The smallest absolute Gasteiger partial charge is 0.0792 e. The fourth-order valence-electron chi connectivity index (χ4n) is 2.45. The second-order valence-electron chi connectivity index (χ2n) is 5.51. The van der Waals surface area contributed by atoms with E-state index in [4.69, 9.17) is 4.74 Å². The summed E-state index contributed by atoms with van der Waals surface area (Å²) in [6.45, 7) is 12.7. The van der Waals surface area contributed by atoms with Crippen LogP contribution in [0.4, 0.5) is 0 Å². The number of hydrogen-bond donors (Lipinski definition) is 1. The predicted molar refractivity (Wildman–Crippen MR) is 82.5 cm³/mol. The van der Waals surface area contributed by atoms with Gasteiger partial charge in [0, 0.05) is 6.61 Å². The van der Waals surface area contributed by atoms with Crippen LogP contribution in [-0.2, 0) is 4.74 Å². The van der Waals surface area contributed by atoms with E-state index in [-0.39, 0.29) is 12.1 Å². The summed E-state index contributed by atoms with van der Waals surface area (Å²) in [5.41, 5.74) is 2.64. The molecule has 19 heavy (non-hydrogen) atoms. The van der Waals surface area contributed by atoms with Crippen molar-refractivity contribution in [3.05, 3.63) is 35.4 Å². The van der Waals surface area contributed by atoms with Crippen molar-refractivity contribution in [2.45, 2.75) is 53.2 Å². The molecule has 0 aliphatic rings. The van der Waals surface area contributed by atoms with E-state index in [9.17, 15) is 0 Å². The Morgan fingerprint density at radius 2 is 1.95 bits per heavy atom. The minimum absolute atomic E-state index is 0.221. The van der Waals surface area contributed by atoms with E-state index < -0.39 is 0 Å². The van der Waals surface area contributed by atoms with Gasteiger partial charge in [0.05, 0.1) is 12.1 Å². The molecule has 0 amide bonds. The van der Waals surface area contributed by atoms with Crippen LogP contribution in [0.2, 0.25) is 0 Å². The Kier molecular flexibility index (Phi) is 7.11. The van der Waals surface area contributed by atoms with Gasteiger partial charge in [-0.1, -0.05) is 50.6 Å². The molecule has 2 nitrogen and oxygen atoms in total. The summed E-state index contributed by atoms with van der Waals surface area (Å²) in [5.74, 6) is 0.495.